The minimum Gasteiger partial charge on any atom is -0.229 e. The van der Waals surface area contributed by atoms with Crippen molar-refractivity contribution in [2.24, 2.45) is 0 Å². The molecule has 1 fully saturated rings. The zero-order valence-corrected chi connectivity index (χ0v) is 6.58. The predicted octanol–water partition coefficient (Wildman–Crippen LogP) is 0.802. The summed E-state index contributed by atoms with van der Waals surface area (Å²) in [6, 6.07) is 0. The smallest absolute Gasteiger partial charge is 0.150 e. The van der Waals surface area contributed by atoms with Crippen LogP contribution in [0.4, 0.5) is 0 Å². The maximum absolute atomic E-state index is 10.7. The molecule has 0 saturated carbocycles. The highest BCUT2D eigenvalue weighted by molar-refractivity contribution is 7.91. The summed E-state index contributed by atoms with van der Waals surface area (Å²) in [5.74, 6) is 0.558. The van der Waals surface area contributed by atoms with Gasteiger partial charge in [0, 0.05) is 5.38 Å². The van der Waals surface area contributed by atoms with Crippen LogP contribution < -0.4 is 0 Å². The molecule has 0 N–H and O–H groups in total. The van der Waals surface area contributed by atoms with E-state index in [1.165, 1.54) is 0 Å². The van der Waals surface area contributed by atoms with Crippen molar-refractivity contribution in [1.29, 1.82) is 0 Å². The summed E-state index contributed by atoms with van der Waals surface area (Å²) in [6.07, 6.45) is 1.26. The Labute approximate surface area is 60.1 Å². The van der Waals surface area contributed by atoms with Gasteiger partial charge in [-0.25, -0.2) is 8.42 Å². The monoisotopic (exact) mass is 168 g/mol. The minimum absolute atomic E-state index is 0.0912. The molecule has 1 aliphatic rings. The lowest BCUT2D eigenvalue weighted by molar-refractivity contribution is 0.576. The van der Waals surface area contributed by atoms with E-state index in [0.717, 1.165) is 0 Å². The highest BCUT2D eigenvalue weighted by Crippen LogP contribution is 2.16. The average Bonchev–Trinajstić information content (AvgIpc) is 1.78. The second-order valence-corrected chi connectivity index (χ2v) is 5.25. The first-order chi connectivity index (χ1) is 4.10. The van der Waals surface area contributed by atoms with Crippen LogP contribution in [0.5, 0.6) is 0 Å². The molecule has 0 atom stereocenters. The zero-order valence-electron chi connectivity index (χ0n) is 5.01. The van der Waals surface area contributed by atoms with Gasteiger partial charge in [0.25, 0.3) is 0 Å². The molecule has 9 heavy (non-hydrogen) atoms. The molecule has 0 spiro atoms. The molecular formula is C5H9ClO2S. The van der Waals surface area contributed by atoms with Crippen LogP contribution in [0, 0.1) is 0 Å². The van der Waals surface area contributed by atoms with Crippen molar-refractivity contribution >= 4 is 21.4 Å². The Balaban J connectivity index is 2.55. The third-order valence-electron chi connectivity index (χ3n) is 1.48. The second-order valence-electron chi connectivity index (χ2n) is 2.33. The van der Waals surface area contributed by atoms with Gasteiger partial charge in [-0.1, -0.05) is 0 Å². The lowest BCUT2D eigenvalue weighted by atomic mass is 10.3. The largest absolute Gasteiger partial charge is 0.229 e. The van der Waals surface area contributed by atoms with Crippen molar-refractivity contribution in [2.45, 2.75) is 18.2 Å². The summed E-state index contributed by atoms with van der Waals surface area (Å²) < 4.78 is 21.5. The van der Waals surface area contributed by atoms with Gasteiger partial charge < -0.3 is 0 Å². The lowest BCUT2D eigenvalue weighted by Crippen LogP contribution is -2.23. The lowest BCUT2D eigenvalue weighted by Gasteiger charge is -2.14. The van der Waals surface area contributed by atoms with E-state index in [4.69, 9.17) is 11.6 Å². The van der Waals surface area contributed by atoms with Gasteiger partial charge in [0.05, 0.1) is 11.5 Å². The Morgan fingerprint density at radius 3 is 2.00 bits per heavy atom. The highest BCUT2D eigenvalue weighted by Gasteiger charge is 2.21. The first-order valence-electron chi connectivity index (χ1n) is 2.95. The van der Waals surface area contributed by atoms with Gasteiger partial charge in [0.1, 0.15) is 9.84 Å². The summed E-state index contributed by atoms with van der Waals surface area (Å²) in [4.78, 5) is 0. The van der Waals surface area contributed by atoms with Gasteiger partial charge in [0.15, 0.2) is 0 Å². The zero-order chi connectivity index (χ0) is 6.91. The van der Waals surface area contributed by atoms with E-state index in [-0.39, 0.29) is 16.9 Å². The third kappa shape index (κ3) is 2.14. The van der Waals surface area contributed by atoms with Crippen molar-refractivity contribution in [3.8, 4) is 0 Å². The Hall–Kier alpha value is 0.240. The molecule has 54 valence electrons. The van der Waals surface area contributed by atoms with E-state index < -0.39 is 9.84 Å². The molecule has 1 aliphatic heterocycles. The molecule has 0 aromatic rings. The van der Waals surface area contributed by atoms with Crippen LogP contribution in [-0.2, 0) is 9.84 Å². The van der Waals surface area contributed by atoms with Crippen LogP contribution in [0.25, 0.3) is 0 Å². The first-order valence-corrected chi connectivity index (χ1v) is 5.20. The molecule has 1 heterocycles. The second kappa shape index (κ2) is 2.46. The Morgan fingerprint density at radius 2 is 1.67 bits per heavy atom. The van der Waals surface area contributed by atoms with Crippen LogP contribution in [-0.4, -0.2) is 25.3 Å². The Bertz CT molecular complexity index is 171. The molecule has 0 unspecified atom stereocenters. The third-order valence-corrected chi connectivity index (χ3v) is 3.64. The minimum atomic E-state index is -2.70. The van der Waals surface area contributed by atoms with Crippen LogP contribution in [0.1, 0.15) is 12.8 Å². The van der Waals surface area contributed by atoms with Crippen molar-refractivity contribution in [3.05, 3.63) is 0 Å². The maximum atomic E-state index is 10.7. The van der Waals surface area contributed by atoms with E-state index in [2.05, 4.69) is 0 Å². The molecule has 0 amide bonds. The summed E-state index contributed by atoms with van der Waals surface area (Å²) in [5, 5.41) is 0.0912. The van der Waals surface area contributed by atoms with Gasteiger partial charge in [-0.15, -0.1) is 11.6 Å². The van der Waals surface area contributed by atoms with E-state index >= 15 is 0 Å². The topological polar surface area (TPSA) is 34.1 Å². The van der Waals surface area contributed by atoms with Crippen molar-refractivity contribution < 1.29 is 8.42 Å². The number of sulfone groups is 1. The predicted molar refractivity (Wildman–Crippen MR) is 37.5 cm³/mol. The van der Waals surface area contributed by atoms with Gasteiger partial charge in [-0.05, 0) is 12.8 Å². The molecular weight excluding hydrogens is 160 g/mol. The molecule has 0 aliphatic carbocycles. The van der Waals surface area contributed by atoms with E-state index in [1.807, 2.05) is 0 Å². The molecule has 0 aromatic carbocycles. The van der Waals surface area contributed by atoms with Crippen LogP contribution in [0.15, 0.2) is 0 Å². The Kier molecular flexibility index (Phi) is 2.01. The quantitative estimate of drug-likeness (QED) is 0.502. The Morgan fingerprint density at radius 1 is 1.22 bits per heavy atom. The van der Waals surface area contributed by atoms with Crippen LogP contribution >= 0.6 is 11.6 Å². The summed E-state index contributed by atoms with van der Waals surface area (Å²) in [6.45, 7) is 0. The number of halogens is 1. The fourth-order valence-electron chi connectivity index (χ4n) is 0.861. The summed E-state index contributed by atoms with van der Waals surface area (Å²) in [5.41, 5.74) is 0. The molecule has 1 saturated heterocycles. The van der Waals surface area contributed by atoms with Crippen molar-refractivity contribution in [2.75, 3.05) is 11.5 Å². The van der Waals surface area contributed by atoms with Gasteiger partial charge in [-0.2, -0.15) is 0 Å². The molecule has 4 heteroatoms. The summed E-state index contributed by atoms with van der Waals surface area (Å²) in [7, 11) is -2.70. The summed E-state index contributed by atoms with van der Waals surface area (Å²) >= 11 is 5.68. The molecule has 1 rings (SSSR count). The van der Waals surface area contributed by atoms with E-state index in [1.54, 1.807) is 0 Å². The van der Waals surface area contributed by atoms with Crippen LogP contribution in [0.2, 0.25) is 0 Å². The number of hydrogen-bond donors (Lipinski definition) is 0. The van der Waals surface area contributed by atoms with Crippen molar-refractivity contribution in [3.63, 3.8) is 0 Å². The SMILES string of the molecule is O=S1(=O)CCC(Cl)CC1. The molecule has 0 radical (unpaired) electrons. The standard InChI is InChI=1S/C5H9ClO2S/c6-5-1-3-9(7,8)4-2-5/h5H,1-4H2. The van der Waals surface area contributed by atoms with E-state index in [0.29, 0.717) is 12.8 Å². The highest BCUT2D eigenvalue weighted by atomic mass is 35.5. The molecule has 0 bridgehead atoms. The van der Waals surface area contributed by atoms with Gasteiger partial charge in [-0.3, -0.25) is 0 Å². The fourth-order valence-corrected chi connectivity index (χ4v) is 2.83. The molecule has 0 aromatic heterocycles. The fraction of sp³-hybridized carbons (Fsp3) is 1.00. The van der Waals surface area contributed by atoms with Gasteiger partial charge >= 0.3 is 0 Å². The normalized spacial score (nSPS) is 28.1. The average molecular weight is 169 g/mol. The van der Waals surface area contributed by atoms with Crippen molar-refractivity contribution in [1.82, 2.24) is 0 Å². The number of rotatable bonds is 0. The first kappa shape index (κ1) is 7.35. The number of alkyl halides is 1. The molecule has 2 nitrogen and oxygen atoms in total. The van der Waals surface area contributed by atoms with Gasteiger partial charge in [0.2, 0.25) is 0 Å². The number of hydrogen-bond acceptors (Lipinski definition) is 2. The maximum Gasteiger partial charge on any atom is 0.150 e. The van der Waals surface area contributed by atoms with Crippen LogP contribution in [0.3, 0.4) is 0 Å². The van der Waals surface area contributed by atoms with E-state index in [9.17, 15) is 8.42 Å².